The zero-order valence-electron chi connectivity index (χ0n) is 14.9. The third kappa shape index (κ3) is 5.17. The Kier molecular flexibility index (Phi) is 6.24. The van der Waals surface area contributed by atoms with E-state index in [2.05, 4.69) is 15.5 Å². The Hall–Kier alpha value is -2.67. The molecule has 0 saturated carbocycles. The van der Waals surface area contributed by atoms with Crippen molar-refractivity contribution in [3.8, 4) is 0 Å². The number of halogens is 2. The van der Waals surface area contributed by atoms with Crippen LogP contribution in [-0.2, 0) is 6.54 Å². The molecule has 0 aromatic heterocycles. The predicted octanol–water partition coefficient (Wildman–Crippen LogP) is 3.50. The SMILES string of the molecule is O=C(NCc1ccc(N2CCC(CO)CC2)cc1)Nc1ccc(F)cc1F. The van der Waals surface area contributed by atoms with E-state index in [4.69, 9.17) is 0 Å². The molecule has 1 heterocycles. The van der Waals surface area contributed by atoms with Gasteiger partial charge in [0.15, 0.2) is 0 Å². The number of nitrogens with zero attached hydrogens (tertiary/aromatic N) is 1. The average molecular weight is 375 g/mol. The molecule has 7 heteroatoms. The van der Waals surface area contributed by atoms with E-state index in [0.717, 1.165) is 49.3 Å². The molecule has 0 spiro atoms. The lowest BCUT2D eigenvalue weighted by atomic mass is 9.97. The quantitative estimate of drug-likeness (QED) is 0.750. The van der Waals surface area contributed by atoms with Crippen molar-refractivity contribution in [3.63, 3.8) is 0 Å². The van der Waals surface area contributed by atoms with Crippen LogP contribution < -0.4 is 15.5 Å². The number of carbonyl (C=O) groups is 1. The normalized spacial score (nSPS) is 14.9. The maximum atomic E-state index is 13.5. The highest BCUT2D eigenvalue weighted by atomic mass is 19.1. The molecule has 3 N–H and O–H groups in total. The van der Waals surface area contributed by atoms with E-state index < -0.39 is 17.7 Å². The van der Waals surface area contributed by atoms with E-state index in [-0.39, 0.29) is 12.3 Å². The van der Waals surface area contributed by atoms with Gasteiger partial charge in [-0.1, -0.05) is 12.1 Å². The number of nitrogens with one attached hydrogen (secondary N) is 2. The summed E-state index contributed by atoms with van der Waals surface area (Å²) in [4.78, 5) is 14.2. The first-order chi connectivity index (χ1) is 13.0. The minimum Gasteiger partial charge on any atom is -0.396 e. The minimum absolute atomic E-state index is 0.0736. The molecule has 0 aliphatic carbocycles. The Labute approximate surface area is 157 Å². The fraction of sp³-hybridized carbons (Fsp3) is 0.350. The number of piperidine rings is 1. The second kappa shape index (κ2) is 8.81. The molecule has 1 aliphatic rings. The maximum Gasteiger partial charge on any atom is 0.319 e. The van der Waals surface area contributed by atoms with Crippen LogP contribution in [0.1, 0.15) is 18.4 Å². The van der Waals surface area contributed by atoms with Crippen molar-refractivity contribution < 1.29 is 18.7 Å². The summed E-state index contributed by atoms with van der Waals surface area (Å²) in [6, 6.07) is 10.3. The maximum absolute atomic E-state index is 13.5. The van der Waals surface area contributed by atoms with Crippen LogP contribution in [0.25, 0.3) is 0 Å². The molecule has 0 unspecified atom stereocenters. The van der Waals surface area contributed by atoms with Gasteiger partial charge in [-0.2, -0.15) is 0 Å². The molecule has 0 atom stereocenters. The number of hydrogen-bond donors (Lipinski definition) is 3. The topological polar surface area (TPSA) is 64.6 Å². The van der Waals surface area contributed by atoms with Crippen LogP contribution in [0, 0.1) is 17.6 Å². The van der Waals surface area contributed by atoms with Gasteiger partial charge in [0, 0.05) is 38.0 Å². The second-order valence-corrected chi connectivity index (χ2v) is 6.71. The van der Waals surface area contributed by atoms with Gasteiger partial charge in [-0.15, -0.1) is 0 Å². The average Bonchev–Trinajstić information content (AvgIpc) is 2.69. The van der Waals surface area contributed by atoms with E-state index in [9.17, 15) is 18.7 Å². The van der Waals surface area contributed by atoms with Gasteiger partial charge in [-0.3, -0.25) is 0 Å². The highest BCUT2D eigenvalue weighted by molar-refractivity contribution is 5.89. The van der Waals surface area contributed by atoms with Crippen molar-refractivity contribution in [2.24, 2.45) is 5.92 Å². The van der Waals surface area contributed by atoms with Crippen molar-refractivity contribution in [2.75, 3.05) is 29.9 Å². The van der Waals surface area contributed by atoms with Crippen molar-refractivity contribution >= 4 is 17.4 Å². The monoisotopic (exact) mass is 375 g/mol. The van der Waals surface area contributed by atoms with Gasteiger partial charge in [-0.05, 0) is 48.6 Å². The summed E-state index contributed by atoms with van der Waals surface area (Å²) in [6.07, 6.45) is 1.97. The summed E-state index contributed by atoms with van der Waals surface area (Å²) in [5.74, 6) is -1.12. The fourth-order valence-corrected chi connectivity index (χ4v) is 3.14. The fourth-order valence-electron chi connectivity index (χ4n) is 3.14. The highest BCUT2D eigenvalue weighted by Crippen LogP contribution is 2.23. The number of anilines is 2. The lowest BCUT2D eigenvalue weighted by Crippen LogP contribution is -2.34. The largest absolute Gasteiger partial charge is 0.396 e. The standard InChI is InChI=1S/C20H23F2N3O2/c21-16-3-6-19(18(22)11-16)24-20(27)23-12-14-1-4-17(5-2-14)25-9-7-15(13-26)8-10-25/h1-6,11,15,26H,7-10,12-13H2,(H2,23,24,27). The number of carbonyl (C=O) groups excluding carboxylic acids is 1. The van der Waals surface area contributed by atoms with Gasteiger partial charge < -0.3 is 20.6 Å². The molecular formula is C20H23F2N3O2. The smallest absolute Gasteiger partial charge is 0.319 e. The first-order valence-corrected chi connectivity index (χ1v) is 9.00. The molecule has 144 valence electrons. The van der Waals surface area contributed by atoms with Gasteiger partial charge in [0.25, 0.3) is 0 Å². The van der Waals surface area contributed by atoms with E-state index in [1.165, 1.54) is 6.07 Å². The summed E-state index contributed by atoms with van der Waals surface area (Å²) in [5.41, 5.74) is 1.96. The van der Waals surface area contributed by atoms with Crippen molar-refractivity contribution in [1.82, 2.24) is 5.32 Å². The van der Waals surface area contributed by atoms with E-state index >= 15 is 0 Å². The van der Waals surface area contributed by atoms with Gasteiger partial charge in [0.05, 0.1) is 5.69 Å². The molecule has 2 aromatic carbocycles. The Bertz CT molecular complexity index is 775. The summed E-state index contributed by atoms with van der Waals surface area (Å²) in [7, 11) is 0. The van der Waals surface area contributed by atoms with Crippen LogP contribution >= 0.6 is 0 Å². The predicted molar refractivity (Wildman–Crippen MR) is 101 cm³/mol. The first kappa shape index (κ1) is 19.1. The molecule has 1 saturated heterocycles. The van der Waals surface area contributed by atoms with Gasteiger partial charge in [-0.25, -0.2) is 13.6 Å². The number of aliphatic hydroxyl groups excluding tert-OH is 1. The van der Waals surface area contributed by atoms with Gasteiger partial charge in [0.1, 0.15) is 11.6 Å². The number of amides is 2. The molecule has 0 bridgehead atoms. The molecule has 5 nitrogen and oxygen atoms in total. The molecule has 3 rings (SSSR count). The number of aliphatic hydroxyl groups is 1. The molecular weight excluding hydrogens is 352 g/mol. The minimum atomic E-state index is -0.820. The summed E-state index contributed by atoms with van der Waals surface area (Å²) < 4.78 is 26.4. The molecule has 1 aliphatic heterocycles. The van der Waals surface area contributed by atoms with Crippen LogP contribution in [0.5, 0.6) is 0 Å². The lowest BCUT2D eigenvalue weighted by molar-refractivity contribution is 0.203. The third-order valence-corrected chi connectivity index (χ3v) is 4.81. The van der Waals surface area contributed by atoms with Gasteiger partial charge in [0.2, 0.25) is 0 Å². The number of hydrogen-bond acceptors (Lipinski definition) is 3. The Morgan fingerprint density at radius 3 is 2.44 bits per heavy atom. The third-order valence-electron chi connectivity index (χ3n) is 4.81. The van der Waals surface area contributed by atoms with E-state index in [1.54, 1.807) is 0 Å². The zero-order chi connectivity index (χ0) is 19.2. The van der Waals surface area contributed by atoms with Crippen molar-refractivity contribution in [3.05, 3.63) is 59.7 Å². The van der Waals surface area contributed by atoms with Crippen LogP contribution in [0.2, 0.25) is 0 Å². The number of rotatable bonds is 5. The second-order valence-electron chi connectivity index (χ2n) is 6.71. The van der Waals surface area contributed by atoms with Crippen LogP contribution in [-0.4, -0.2) is 30.8 Å². The molecule has 2 aromatic rings. The number of benzene rings is 2. The van der Waals surface area contributed by atoms with Crippen molar-refractivity contribution in [1.29, 1.82) is 0 Å². The Morgan fingerprint density at radius 2 is 1.81 bits per heavy atom. The summed E-state index contributed by atoms with van der Waals surface area (Å²) in [5, 5.41) is 14.2. The molecule has 2 amide bonds. The molecule has 1 fully saturated rings. The first-order valence-electron chi connectivity index (χ1n) is 9.00. The van der Waals surface area contributed by atoms with E-state index in [0.29, 0.717) is 12.5 Å². The summed E-state index contributed by atoms with van der Waals surface area (Å²) >= 11 is 0. The summed E-state index contributed by atoms with van der Waals surface area (Å²) in [6.45, 7) is 2.40. The number of urea groups is 1. The van der Waals surface area contributed by atoms with E-state index in [1.807, 2.05) is 24.3 Å². The Balaban J connectivity index is 1.49. The molecule has 27 heavy (non-hydrogen) atoms. The molecule has 0 radical (unpaired) electrons. The van der Waals surface area contributed by atoms with Crippen molar-refractivity contribution in [2.45, 2.75) is 19.4 Å². The van der Waals surface area contributed by atoms with Crippen LogP contribution in [0.4, 0.5) is 25.0 Å². The zero-order valence-corrected chi connectivity index (χ0v) is 14.9. The Morgan fingerprint density at radius 1 is 1.11 bits per heavy atom. The van der Waals surface area contributed by atoms with Crippen LogP contribution in [0.3, 0.4) is 0 Å². The lowest BCUT2D eigenvalue weighted by Gasteiger charge is -2.33. The highest BCUT2D eigenvalue weighted by Gasteiger charge is 2.18. The van der Waals surface area contributed by atoms with Crippen LogP contribution in [0.15, 0.2) is 42.5 Å². The van der Waals surface area contributed by atoms with Gasteiger partial charge >= 0.3 is 6.03 Å².